The van der Waals surface area contributed by atoms with E-state index in [-0.39, 0.29) is 5.03 Å². The Hall–Kier alpha value is -1.06. The summed E-state index contributed by atoms with van der Waals surface area (Å²) >= 11 is 6.56. The first-order valence-corrected chi connectivity index (χ1v) is 8.55. The van der Waals surface area contributed by atoms with Gasteiger partial charge in [-0.2, -0.15) is 8.42 Å². The van der Waals surface area contributed by atoms with Crippen LogP contribution < -0.4 is 10.5 Å². The number of aryl methyl sites for hydroxylation is 2. The predicted octanol–water partition coefficient (Wildman–Crippen LogP) is 2.64. The summed E-state index contributed by atoms with van der Waals surface area (Å²) in [5, 5.41) is -0.0341. The number of hydrogen-bond acceptors (Lipinski definition) is 4. The molecule has 6 nitrogen and oxygen atoms in total. The molecule has 0 unspecified atom stereocenters. The minimum Gasteiger partial charge on any atom is -0.399 e. The van der Waals surface area contributed by atoms with Crippen molar-refractivity contribution in [3.63, 3.8) is 0 Å². The molecule has 0 amide bonds. The molecule has 108 valence electrons. The highest BCUT2D eigenvalue weighted by atomic mass is 79.9. The summed E-state index contributed by atoms with van der Waals surface area (Å²) in [7, 11) is -2.02. The normalized spacial score (nSPS) is 11.6. The highest BCUT2D eigenvalue weighted by molar-refractivity contribution is 9.11. The van der Waals surface area contributed by atoms with Crippen molar-refractivity contribution in [2.24, 2.45) is 7.05 Å². The molecule has 0 saturated carbocycles. The van der Waals surface area contributed by atoms with Gasteiger partial charge in [-0.1, -0.05) is 0 Å². The molecule has 0 spiro atoms. The molecule has 0 aliphatic carbocycles. The number of rotatable bonds is 3. The van der Waals surface area contributed by atoms with E-state index in [4.69, 9.17) is 5.73 Å². The van der Waals surface area contributed by atoms with Crippen molar-refractivity contribution in [3.8, 4) is 0 Å². The maximum atomic E-state index is 12.3. The Morgan fingerprint density at radius 1 is 1.30 bits per heavy atom. The minimum absolute atomic E-state index is 0.0341. The Bertz CT molecular complexity index is 728. The van der Waals surface area contributed by atoms with Crippen molar-refractivity contribution >= 4 is 53.3 Å². The molecule has 3 N–H and O–H groups in total. The monoisotopic (exact) mass is 422 g/mol. The topological polar surface area (TPSA) is 90.0 Å². The van der Waals surface area contributed by atoms with Gasteiger partial charge < -0.3 is 10.3 Å². The van der Waals surface area contributed by atoms with Gasteiger partial charge in [0, 0.05) is 27.9 Å². The lowest BCUT2D eigenvalue weighted by Gasteiger charge is -2.11. The molecule has 1 aromatic carbocycles. The molecule has 0 aliphatic heterocycles. The molecule has 2 aromatic rings. The second kappa shape index (κ2) is 5.38. The van der Waals surface area contributed by atoms with Crippen molar-refractivity contribution < 1.29 is 8.42 Å². The zero-order chi connectivity index (χ0) is 15.1. The van der Waals surface area contributed by atoms with Crippen LogP contribution in [0.15, 0.2) is 32.3 Å². The molecular weight excluding hydrogens is 412 g/mol. The summed E-state index contributed by atoms with van der Waals surface area (Å²) in [5.41, 5.74) is 6.57. The van der Waals surface area contributed by atoms with Crippen molar-refractivity contribution in [2.45, 2.75) is 11.9 Å². The van der Waals surface area contributed by atoms with E-state index in [2.05, 4.69) is 41.6 Å². The third-order valence-corrected chi connectivity index (χ3v) is 5.13. The molecule has 20 heavy (non-hydrogen) atoms. The lowest BCUT2D eigenvalue weighted by Crippen LogP contribution is -2.14. The van der Waals surface area contributed by atoms with Crippen molar-refractivity contribution in [3.05, 3.63) is 33.1 Å². The van der Waals surface area contributed by atoms with Crippen LogP contribution in [0.1, 0.15) is 5.82 Å². The number of nitrogens with zero attached hydrogens (tertiary/aromatic N) is 2. The van der Waals surface area contributed by atoms with Gasteiger partial charge in [0.05, 0.1) is 5.69 Å². The van der Waals surface area contributed by atoms with Crippen LogP contribution in [0.4, 0.5) is 11.4 Å². The van der Waals surface area contributed by atoms with E-state index >= 15 is 0 Å². The summed E-state index contributed by atoms with van der Waals surface area (Å²) in [6.07, 6.45) is 1.46. The van der Waals surface area contributed by atoms with Crippen LogP contribution in [0, 0.1) is 6.92 Å². The molecule has 1 heterocycles. The molecule has 0 saturated heterocycles. The van der Waals surface area contributed by atoms with E-state index in [0.717, 1.165) is 0 Å². The molecule has 2 rings (SSSR count). The number of anilines is 2. The Morgan fingerprint density at radius 3 is 2.30 bits per heavy atom. The van der Waals surface area contributed by atoms with Gasteiger partial charge in [0.25, 0.3) is 10.0 Å². The molecule has 0 aliphatic rings. The number of imidazole rings is 1. The summed E-state index contributed by atoms with van der Waals surface area (Å²) < 4.78 is 29.8. The molecule has 0 bridgehead atoms. The number of halogens is 2. The van der Waals surface area contributed by atoms with E-state index in [0.29, 0.717) is 26.1 Å². The number of nitrogen functional groups attached to an aromatic ring is 1. The average Bonchev–Trinajstić information content (AvgIpc) is 2.65. The van der Waals surface area contributed by atoms with E-state index in [9.17, 15) is 8.42 Å². The van der Waals surface area contributed by atoms with Gasteiger partial charge in [-0.05, 0) is 50.9 Å². The second-order valence-corrected chi connectivity index (χ2v) is 7.54. The van der Waals surface area contributed by atoms with Crippen LogP contribution in [0.5, 0.6) is 0 Å². The fraction of sp³-hybridized carbons (Fsp3) is 0.182. The van der Waals surface area contributed by atoms with Crippen molar-refractivity contribution in [2.75, 3.05) is 10.5 Å². The number of benzene rings is 1. The fourth-order valence-corrected chi connectivity index (χ4v) is 4.36. The Labute approximate surface area is 133 Å². The van der Waals surface area contributed by atoms with Crippen LogP contribution in [-0.2, 0) is 17.1 Å². The highest BCUT2D eigenvalue weighted by Crippen LogP contribution is 2.34. The molecule has 0 radical (unpaired) electrons. The SMILES string of the molecule is Cc1nc(S(=O)(=O)Nc2c(Br)cc(N)cc2Br)cn1C. The molecular formula is C11H12Br2N4O2S. The number of nitrogens with two attached hydrogens (primary N) is 1. The first-order valence-electron chi connectivity index (χ1n) is 5.48. The van der Waals surface area contributed by atoms with Gasteiger partial charge in [-0.25, -0.2) is 4.98 Å². The molecule has 0 fully saturated rings. The van der Waals surface area contributed by atoms with Crippen LogP contribution in [0.25, 0.3) is 0 Å². The zero-order valence-electron chi connectivity index (χ0n) is 10.7. The maximum Gasteiger partial charge on any atom is 0.281 e. The fourth-order valence-electron chi connectivity index (χ4n) is 1.53. The number of nitrogens with one attached hydrogen (secondary N) is 1. The number of sulfonamides is 1. The minimum atomic E-state index is -3.76. The van der Waals surface area contributed by atoms with Crippen molar-refractivity contribution in [1.29, 1.82) is 0 Å². The Morgan fingerprint density at radius 2 is 1.85 bits per heavy atom. The van der Waals surface area contributed by atoms with Crippen molar-refractivity contribution in [1.82, 2.24) is 9.55 Å². The second-order valence-electron chi connectivity index (χ2n) is 4.20. The maximum absolute atomic E-state index is 12.3. The number of aromatic nitrogens is 2. The van der Waals surface area contributed by atoms with Gasteiger partial charge >= 0.3 is 0 Å². The number of hydrogen-bond donors (Lipinski definition) is 2. The predicted molar refractivity (Wildman–Crippen MR) is 85.0 cm³/mol. The Kier molecular flexibility index (Phi) is 4.12. The Balaban J connectivity index is 2.43. The highest BCUT2D eigenvalue weighted by Gasteiger charge is 2.21. The van der Waals surface area contributed by atoms with E-state index in [1.165, 1.54) is 6.20 Å². The van der Waals surface area contributed by atoms with Crippen LogP contribution in [-0.4, -0.2) is 18.0 Å². The summed E-state index contributed by atoms with van der Waals surface area (Å²) in [5.74, 6) is 0.612. The summed E-state index contributed by atoms with van der Waals surface area (Å²) in [6, 6.07) is 3.23. The molecule has 0 atom stereocenters. The summed E-state index contributed by atoms with van der Waals surface area (Å²) in [6.45, 7) is 1.73. The lowest BCUT2D eigenvalue weighted by atomic mass is 10.3. The quantitative estimate of drug-likeness (QED) is 0.742. The van der Waals surface area contributed by atoms with Crippen LogP contribution in [0.2, 0.25) is 0 Å². The smallest absolute Gasteiger partial charge is 0.281 e. The zero-order valence-corrected chi connectivity index (χ0v) is 14.7. The largest absolute Gasteiger partial charge is 0.399 e. The van der Waals surface area contributed by atoms with E-state index < -0.39 is 10.0 Å². The first-order chi connectivity index (χ1) is 9.20. The standard InChI is InChI=1S/C11H12Br2N4O2S/c1-6-15-10(5-17(6)2)20(18,19)16-11-8(12)3-7(14)4-9(11)13/h3-5,16H,14H2,1-2H3. The average molecular weight is 424 g/mol. The molecule has 1 aromatic heterocycles. The van der Waals surface area contributed by atoms with Gasteiger partial charge in [0.1, 0.15) is 5.82 Å². The van der Waals surface area contributed by atoms with Crippen LogP contribution >= 0.6 is 31.9 Å². The summed E-state index contributed by atoms with van der Waals surface area (Å²) in [4.78, 5) is 4.01. The van der Waals surface area contributed by atoms with Gasteiger partial charge in [-0.15, -0.1) is 0 Å². The van der Waals surface area contributed by atoms with Gasteiger partial charge in [-0.3, -0.25) is 4.72 Å². The van der Waals surface area contributed by atoms with Gasteiger partial charge in [0.15, 0.2) is 5.03 Å². The first kappa shape index (κ1) is 15.3. The van der Waals surface area contributed by atoms with Crippen LogP contribution in [0.3, 0.4) is 0 Å². The van der Waals surface area contributed by atoms with Gasteiger partial charge in [0.2, 0.25) is 0 Å². The third kappa shape index (κ3) is 2.99. The lowest BCUT2D eigenvalue weighted by molar-refractivity contribution is 0.598. The molecule has 9 heteroatoms. The van der Waals surface area contributed by atoms with E-state index in [1.807, 2.05) is 0 Å². The van der Waals surface area contributed by atoms with E-state index in [1.54, 1.807) is 30.7 Å². The third-order valence-electron chi connectivity index (χ3n) is 2.66.